The van der Waals surface area contributed by atoms with Gasteiger partial charge in [0.25, 0.3) is 17.4 Å². The molecule has 1 unspecified atom stereocenters. The van der Waals surface area contributed by atoms with E-state index in [9.17, 15) is 9.59 Å². The number of amides is 1. The Labute approximate surface area is 262 Å². The molecule has 1 amide bonds. The maximum atomic E-state index is 12.5. The van der Waals surface area contributed by atoms with Crippen molar-refractivity contribution in [2.24, 2.45) is 0 Å². The molecule has 1 saturated carbocycles. The topological polar surface area (TPSA) is 152 Å². The molecule has 12 nitrogen and oxygen atoms in total. The molecule has 7 rings (SSSR count). The van der Waals surface area contributed by atoms with Crippen molar-refractivity contribution < 1.29 is 14.1 Å². The molecule has 1 saturated heterocycles. The van der Waals surface area contributed by atoms with Gasteiger partial charge in [0.15, 0.2) is 0 Å². The third-order valence-corrected chi connectivity index (χ3v) is 9.15. The first kappa shape index (κ1) is 28.8. The van der Waals surface area contributed by atoms with E-state index in [4.69, 9.17) is 9.26 Å². The number of H-pyrrole nitrogens is 1. The first-order valence-corrected chi connectivity index (χ1v) is 15.8. The maximum absolute atomic E-state index is 12.5. The summed E-state index contributed by atoms with van der Waals surface area (Å²) in [5.41, 5.74) is 3.44. The minimum absolute atomic E-state index is 0.0631. The quantitative estimate of drug-likeness (QED) is 0.209. The lowest BCUT2D eigenvalue weighted by Gasteiger charge is -2.15. The Bertz CT molecular complexity index is 1910. The van der Waals surface area contributed by atoms with E-state index in [0.717, 1.165) is 34.0 Å². The van der Waals surface area contributed by atoms with Gasteiger partial charge in [0, 0.05) is 48.0 Å². The first-order chi connectivity index (χ1) is 21.8. The van der Waals surface area contributed by atoms with Crippen LogP contribution in [-0.2, 0) is 11.2 Å². The fourth-order valence-electron chi connectivity index (χ4n) is 5.35. The number of nitrogens with one attached hydrogen (secondary N) is 2. The van der Waals surface area contributed by atoms with Gasteiger partial charge >= 0.3 is 0 Å². The van der Waals surface area contributed by atoms with Crippen molar-refractivity contribution in [1.82, 2.24) is 35.4 Å². The summed E-state index contributed by atoms with van der Waals surface area (Å²) in [5, 5.41) is 24.4. The normalized spacial score (nSPS) is 16.5. The summed E-state index contributed by atoms with van der Waals surface area (Å²) in [6, 6.07) is 15.3. The molecule has 2 aromatic carbocycles. The fraction of sp³-hybridized carbons (Fsp3) is 0.344. The summed E-state index contributed by atoms with van der Waals surface area (Å²) in [5.74, 6) is 2.28. The van der Waals surface area contributed by atoms with Gasteiger partial charge in [-0.15, -0.1) is 10.2 Å². The van der Waals surface area contributed by atoms with Crippen LogP contribution < -0.4 is 15.6 Å². The lowest BCUT2D eigenvalue weighted by molar-refractivity contribution is -0.128. The van der Waals surface area contributed by atoms with Crippen LogP contribution in [0.5, 0.6) is 11.5 Å². The molecule has 0 spiro atoms. The van der Waals surface area contributed by atoms with Crippen LogP contribution in [0.2, 0.25) is 0 Å². The van der Waals surface area contributed by atoms with Gasteiger partial charge in [-0.2, -0.15) is 10.1 Å². The van der Waals surface area contributed by atoms with E-state index in [1.165, 1.54) is 0 Å². The highest BCUT2D eigenvalue weighted by Gasteiger charge is 2.39. The molecular formula is C32H32N8O4S. The van der Waals surface area contributed by atoms with E-state index in [2.05, 4.69) is 49.7 Å². The number of hydrogen-bond donors (Lipinski definition) is 2. The van der Waals surface area contributed by atoms with Crippen molar-refractivity contribution in [3.63, 3.8) is 0 Å². The zero-order valence-corrected chi connectivity index (χ0v) is 25.9. The monoisotopic (exact) mass is 624 g/mol. The molecule has 1 aliphatic heterocycles. The second-order valence-corrected chi connectivity index (χ2v) is 12.8. The van der Waals surface area contributed by atoms with Crippen LogP contribution in [0.4, 0.5) is 5.95 Å². The van der Waals surface area contributed by atoms with Gasteiger partial charge in [0.2, 0.25) is 5.91 Å². The number of aryl methyl sites for hydroxylation is 1. The Hall–Kier alpha value is -4.91. The van der Waals surface area contributed by atoms with Crippen LogP contribution in [0.1, 0.15) is 60.9 Å². The molecule has 45 heavy (non-hydrogen) atoms. The number of nitrogens with zero attached hydrogens (tertiary/aromatic N) is 6. The lowest BCUT2D eigenvalue weighted by atomic mass is 10.0. The third kappa shape index (κ3) is 6.34. The number of anilines is 1. The molecule has 1 atom stereocenters. The van der Waals surface area contributed by atoms with E-state index in [1.807, 2.05) is 54.3 Å². The second kappa shape index (κ2) is 11.9. The van der Waals surface area contributed by atoms with Gasteiger partial charge in [0.05, 0.1) is 11.7 Å². The van der Waals surface area contributed by atoms with Crippen LogP contribution in [-0.4, -0.2) is 60.0 Å². The van der Waals surface area contributed by atoms with Gasteiger partial charge in [-0.3, -0.25) is 9.59 Å². The first-order valence-electron chi connectivity index (χ1n) is 15.0. The van der Waals surface area contributed by atoms with E-state index >= 15 is 0 Å². The average molecular weight is 625 g/mol. The van der Waals surface area contributed by atoms with Crippen molar-refractivity contribution >= 4 is 23.2 Å². The van der Waals surface area contributed by atoms with Gasteiger partial charge in [-0.25, -0.2) is 5.10 Å². The summed E-state index contributed by atoms with van der Waals surface area (Å²) in [6.45, 7) is 6.67. The SMILES string of the molecule is Cc1cc(Cc2ccc(-c3nc(NC4CC(=O)N(C5CC5)C4)no3)cc2Oc2ccc(-c3nnc(C(C)C)s3)cc2)c(=O)[nH]n1. The molecule has 230 valence electrons. The number of carbonyl (C=O) groups is 1. The predicted octanol–water partition coefficient (Wildman–Crippen LogP) is 5.33. The van der Waals surface area contributed by atoms with Crippen molar-refractivity contribution in [3.8, 4) is 33.5 Å². The molecule has 1 aliphatic carbocycles. The third-order valence-electron chi connectivity index (χ3n) is 7.87. The minimum Gasteiger partial charge on any atom is -0.457 e. The van der Waals surface area contributed by atoms with Crippen LogP contribution in [0.3, 0.4) is 0 Å². The highest BCUT2D eigenvalue weighted by atomic mass is 32.1. The summed E-state index contributed by atoms with van der Waals surface area (Å²) < 4.78 is 12.0. The number of aromatic nitrogens is 6. The van der Waals surface area contributed by atoms with Gasteiger partial charge in [0.1, 0.15) is 21.5 Å². The molecule has 2 N–H and O–H groups in total. The summed E-state index contributed by atoms with van der Waals surface area (Å²) in [4.78, 5) is 31.4. The fourth-order valence-corrected chi connectivity index (χ4v) is 6.20. The van der Waals surface area contributed by atoms with Crippen molar-refractivity contribution in [2.45, 2.75) is 64.5 Å². The standard InChI is InChI=1S/C32H32N8O4S/c1-17(2)30-37-38-31(45-30)19-6-10-25(11-7-19)43-26-14-21(5-4-20(26)13-22-12-18(3)35-36-28(22)42)29-34-32(39-44-29)33-23-15-27(41)40(16-23)24-8-9-24/h4-7,10-12,14,17,23-24H,8-9,13,15-16H2,1-3H3,(H,33,39)(H,36,42). The van der Waals surface area contributed by atoms with E-state index in [-0.39, 0.29) is 17.5 Å². The zero-order chi connectivity index (χ0) is 31.1. The molecule has 3 aromatic heterocycles. The smallest absolute Gasteiger partial charge is 0.267 e. The van der Waals surface area contributed by atoms with E-state index < -0.39 is 0 Å². The highest BCUT2D eigenvalue weighted by Crippen LogP contribution is 2.35. The second-order valence-electron chi connectivity index (χ2n) is 11.8. The van der Waals surface area contributed by atoms with Crippen LogP contribution in [0.25, 0.3) is 22.0 Å². The van der Waals surface area contributed by atoms with Crippen molar-refractivity contribution in [1.29, 1.82) is 0 Å². The van der Waals surface area contributed by atoms with Gasteiger partial charge in [-0.1, -0.05) is 31.3 Å². The van der Waals surface area contributed by atoms with Crippen molar-refractivity contribution in [3.05, 3.63) is 80.7 Å². The van der Waals surface area contributed by atoms with E-state index in [1.54, 1.807) is 17.4 Å². The Balaban J connectivity index is 1.14. The molecule has 2 fully saturated rings. The molecule has 13 heteroatoms. The number of likely N-dealkylation sites (tertiary alicyclic amines) is 1. The maximum Gasteiger partial charge on any atom is 0.267 e. The number of benzene rings is 2. The summed E-state index contributed by atoms with van der Waals surface area (Å²) in [6.07, 6.45) is 2.90. The van der Waals surface area contributed by atoms with Crippen LogP contribution in [0.15, 0.2) is 57.8 Å². The summed E-state index contributed by atoms with van der Waals surface area (Å²) >= 11 is 1.58. The Morgan fingerprint density at radius 1 is 1.07 bits per heavy atom. The molecular weight excluding hydrogens is 592 g/mol. The van der Waals surface area contributed by atoms with Crippen LogP contribution >= 0.6 is 11.3 Å². The predicted molar refractivity (Wildman–Crippen MR) is 168 cm³/mol. The zero-order valence-electron chi connectivity index (χ0n) is 25.1. The van der Waals surface area contributed by atoms with Crippen LogP contribution in [0, 0.1) is 6.92 Å². The minimum atomic E-state index is -0.254. The molecule has 2 aliphatic rings. The largest absolute Gasteiger partial charge is 0.457 e. The Morgan fingerprint density at radius 2 is 1.87 bits per heavy atom. The molecule has 4 heterocycles. The Kier molecular flexibility index (Phi) is 7.61. The molecule has 5 aromatic rings. The number of carbonyl (C=O) groups excluding carboxylic acids is 1. The summed E-state index contributed by atoms with van der Waals surface area (Å²) in [7, 11) is 0. The van der Waals surface area contributed by atoms with Gasteiger partial charge in [-0.05, 0) is 73.0 Å². The van der Waals surface area contributed by atoms with E-state index in [0.29, 0.717) is 71.5 Å². The molecule has 0 bridgehead atoms. The number of rotatable bonds is 10. The highest BCUT2D eigenvalue weighted by molar-refractivity contribution is 7.14. The Morgan fingerprint density at radius 3 is 2.62 bits per heavy atom. The molecule has 0 radical (unpaired) electrons. The van der Waals surface area contributed by atoms with Gasteiger partial charge < -0.3 is 19.5 Å². The van der Waals surface area contributed by atoms with Crippen molar-refractivity contribution in [2.75, 3.05) is 11.9 Å². The average Bonchev–Trinajstić information content (AvgIpc) is 3.37. The number of ether oxygens (including phenoxy) is 1. The number of aromatic amines is 1. The number of hydrogen-bond acceptors (Lipinski definition) is 11. The lowest BCUT2D eigenvalue weighted by Crippen LogP contribution is -2.29.